The second-order valence-corrected chi connectivity index (χ2v) is 8.40. The zero-order valence-electron chi connectivity index (χ0n) is 14.6. The highest BCUT2D eigenvalue weighted by Gasteiger charge is 2.35. The van der Waals surface area contributed by atoms with Gasteiger partial charge in [-0.2, -0.15) is 0 Å². The average molecular weight is 366 g/mol. The molecule has 134 valence electrons. The molecule has 6 heteroatoms. The van der Waals surface area contributed by atoms with Gasteiger partial charge >= 0.3 is 0 Å². The molecule has 5 nitrogen and oxygen atoms in total. The summed E-state index contributed by atoms with van der Waals surface area (Å²) in [4.78, 5) is 4.87. The van der Waals surface area contributed by atoms with Crippen LogP contribution in [0.15, 0.2) is 42.6 Å². The van der Waals surface area contributed by atoms with Crippen LogP contribution in [0, 0.1) is 5.92 Å². The van der Waals surface area contributed by atoms with Crippen LogP contribution < -0.4 is 0 Å². The summed E-state index contributed by atoms with van der Waals surface area (Å²) in [7, 11) is 0. The van der Waals surface area contributed by atoms with E-state index in [1.165, 1.54) is 30.8 Å². The fourth-order valence-electron chi connectivity index (χ4n) is 4.24. The van der Waals surface area contributed by atoms with Crippen LogP contribution in [0.25, 0.3) is 21.0 Å². The Morgan fingerprint density at radius 3 is 2.73 bits per heavy atom. The Morgan fingerprint density at radius 1 is 1.12 bits per heavy atom. The van der Waals surface area contributed by atoms with E-state index in [2.05, 4.69) is 44.3 Å². The van der Waals surface area contributed by atoms with Crippen molar-refractivity contribution in [2.45, 2.75) is 25.5 Å². The summed E-state index contributed by atoms with van der Waals surface area (Å²) < 4.78 is 2.09. The van der Waals surface area contributed by atoms with Crippen LogP contribution in [0.4, 0.5) is 0 Å². The van der Waals surface area contributed by atoms with Gasteiger partial charge in [0.05, 0.1) is 23.7 Å². The second kappa shape index (κ2) is 6.61. The maximum absolute atomic E-state index is 9.34. The Labute approximate surface area is 156 Å². The summed E-state index contributed by atoms with van der Waals surface area (Å²) in [5, 5.41) is 18.3. The molecule has 3 fully saturated rings. The standard InChI is InChI=1S/C20H22N4OS/c25-13-14-2-1-3-16(10-14)19-4-5-20(26-19)17-11-24(22-21-17)18-12-23-8-6-15(18)7-9-23/h1-5,10-11,15,18,25H,6-9,12-13H2. The molecule has 1 unspecified atom stereocenters. The Morgan fingerprint density at radius 2 is 1.96 bits per heavy atom. The number of thiophene rings is 1. The van der Waals surface area contributed by atoms with Crippen LogP contribution in [0.3, 0.4) is 0 Å². The zero-order valence-corrected chi connectivity index (χ0v) is 15.4. The molecule has 3 aliphatic rings. The van der Waals surface area contributed by atoms with E-state index >= 15 is 0 Å². The first kappa shape index (κ1) is 16.2. The minimum absolute atomic E-state index is 0.0694. The monoisotopic (exact) mass is 366 g/mol. The van der Waals surface area contributed by atoms with Crippen molar-refractivity contribution in [2.75, 3.05) is 19.6 Å². The fourth-order valence-corrected chi connectivity index (χ4v) is 5.19. The molecule has 2 aromatic heterocycles. The predicted molar refractivity (Wildman–Crippen MR) is 103 cm³/mol. The Bertz CT molecular complexity index is 910. The van der Waals surface area contributed by atoms with Crippen molar-refractivity contribution in [2.24, 2.45) is 5.92 Å². The van der Waals surface area contributed by atoms with Crippen LogP contribution in [-0.2, 0) is 6.61 Å². The Balaban J connectivity index is 1.39. The van der Waals surface area contributed by atoms with E-state index in [-0.39, 0.29) is 6.61 Å². The van der Waals surface area contributed by atoms with Crippen molar-refractivity contribution in [3.63, 3.8) is 0 Å². The van der Waals surface area contributed by atoms with Gasteiger partial charge in [-0.25, -0.2) is 4.68 Å². The van der Waals surface area contributed by atoms with Gasteiger partial charge < -0.3 is 10.0 Å². The first-order chi connectivity index (χ1) is 12.8. The number of piperidine rings is 3. The van der Waals surface area contributed by atoms with Crippen molar-refractivity contribution in [3.05, 3.63) is 48.2 Å². The molecular weight excluding hydrogens is 344 g/mol. The van der Waals surface area contributed by atoms with Gasteiger partial charge in [-0.15, -0.1) is 16.4 Å². The van der Waals surface area contributed by atoms with E-state index < -0.39 is 0 Å². The third-order valence-electron chi connectivity index (χ3n) is 5.72. The Hall–Kier alpha value is -2.02. The number of benzene rings is 1. The lowest BCUT2D eigenvalue weighted by Gasteiger charge is -2.44. The minimum atomic E-state index is 0.0694. The van der Waals surface area contributed by atoms with E-state index in [1.54, 1.807) is 11.3 Å². The van der Waals surface area contributed by atoms with Gasteiger partial charge in [0.1, 0.15) is 5.69 Å². The van der Waals surface area contributed by atoms with Gasteiger partial charge in [0, 0.05) is 11.4 Å². The zero-order chi connectivity index (χ0) is 17.5. The lowest BCUT2D eigenvalue weighted by molar-refractivity contribution is 0.0504. The summed E-state index contributed by atoms with van der Waals surface area (Å²) in [6, 6.07) is 12.8. The van der Waals surface area contributed by atoms with Crippen molar-refractivity contribution >= 4 is 11.3 Å². The van der Waals surface area contributed by atoms with Gasteiger partial charge in [0.15, 0.2) is 0 Å². The maximum Gasteiger partial charge on any atom is 0.123 e. The minimum Gasteiger partial charge on any atom is -0.392 e. The number of aliphatic hydroxyl groups excluding tert-OH is 1. The van der Waals surface area contributed by atoms with Gasteiger partial charge in [-0.05, 0) is 61.2 Å². The number of hydrogen-bond acceptors (Lipinski definition) is 5. The molecular formula is C20H22N4OS. The van der Waals surface area contributed by atoms with E-state index in [9.17, 15) is 5.11 Å². The van der Waals surface area contributed by atoms with Crippen LogP contribution in [0.5, 0.6) is 0 Å². The molecule has 3 aromatic rings. The molecule has 1 N–H and O–H groups in total. The third-order valence-corrected chi connectivity index (χ3v) is 6.88. The van der Waals surface area contributed by atoms with Crippen LogP contribution in [0.2, 0.25) is 0 Å². The highest BCUT2D eigenvalue weighted by Crippen LogP contribution is 2.37. The number of nitrogens with zero attached hydrogens (tertiary/aromatic N) is 4. The van der Waals surface area contributed by atoms with Gasteiger partial charge in [-0.3, -0.25) is 0 Å². The van der Waals surface area contributed by atoms with Crippen molar-refractivity contribution in [1.82, 2.24) is 19.9 Å². The summed E-state index contributed by atoms with van der Waals surface area (Å²) >= 11 is 1.73. The number of aliphatic hydroxyl groups is 1. The Kier molecular flexibility index (Phi) is 4.11. The fraction of sp³-hybridized carbons (Fsp3) is 0.400. The highest BCUT2D eigenvalue weighted by atomic mass is 32.1. The lowest BCUT2D eigenvalue weighted by Crippen LogP contribution is -2.48. The third kappa shape index (κ3) is 2.88. The first-order valence-electron chi connectivity index (χ1n) is 9.25. The average Bonchev–Trinajstić information content (AvgIpc) is 3.38. The number of rotatable bonds is 4. The van der Waals surface area contributed by atoms with Crippen molar-refractivity contribution in [1.29, 1.82) is 0 Å². The highest BCUT2D eigenvalue weighted by molar-refractivity contribution is 7.18. The van der Waals surface area contributed by atoms with Crippen molar-refractivity contribution < 1.29 is 5.11 Å². The maximum atomic E-state index is 9.34. The van der Waals surface area contributed by atoms with E-state index in [0.717, 1.165) is 34.2 Å². The normalized spacial score (nSPS) is 24.9. The number of hydrogen-bond donors (Lipinski definition) is 1. The number of fused-ring (bicyclic) bond motifs is 3. The molecule has 3 aliphatic heterocycles. The molecule has 0 amide bonds. The van der Waals surface area contributed by atoms with E-state index in [0.29, 0.717) is 6.04 Å². The topological polar surface area (TPSA) is 54.2 Å². The molecule has 0 saturated carbocycles. The SMILES string of the molecule is OCc1cccc(-c2ccc(-c3cn(C4CN5CCC4CC5)nn3)s2)c1. The summed E-state index contributed by atoms with van der Waals surface area (Å²) in [6.45, 7) is 3.66. The molecule has 1 atom stereocenters. The summed E-state index contributed by atoms with van der Waals surface area (Å²) in [5.41, 5.74) is 3.03. The molecule has 3 saturated heterocycles. The first-order valence-corrected chi connectivity index (χ1v) is 10.1. The van der Waals surface area contributed by atoms with Gasteiger partial charge in [0.25, 0.3) is 0 Å². The van der Waals surface area contributed by atoms with Gasteiger partial charge in [0.2, 0.25) is 0 Å². The molecule has 6 rings (SSSR count). The molecule has 0 spiro atoms. The molecule has 0 aliphatic carbocycles. The van der Waals surface area contributed by atoms with Crippen LogP contribution in [-0.4, -0.2) is 44.6 Å². The molecule has 2 bridgehead atoms. The molecule has 1 aromatic carbocycles. The quantitative estimate of drug-likeness (QED) is 0.769. The largest absolute Gasteiger partial charge is 0.392 e. The molecule has 5 heterocycles. The summed E-state index contributed by atoms with van der Waals surface area (Å²) in [5.74, 6) is 0.745. The van der Waals surface area contributed by atoms with Crippen LogP contribution in [0.1, 0.15) is 24.4 Å². The predicted octanol–water partition coefficient (Wildman–Crippen LogP) is 3.43. The van der Waals surface area contributed by atoms with Crippen molar-refractivity contribution in [3.8, 4) is 21.0 Å². The van der Waals surface area contributed by atoms with Crippen LogP contribution >= 0.6 is 11.3 Å². The summed E-state index contributed by atoms with van der Waals surface area (Å²) in [6.07, 6.45) is 4.68. The second-order valence-electron chi connectivity index (χ2n) is 7.31. The van der Waals surface area contributed by atoms with Gasteiger partial charge in [-0.1, -0.05) is 23.4 Å². The van der Waals surface area contributed by atoms with E-state index in [1.807, 2.05) is 18.2 Å². The lowest BCUT2D eigenvalue weighted by atomic mass is 9.84. The molecule has 0 radical (unpaired) electrons. The van der Waals surface area contributed by atoms with E-state index in [4.69, 9.17) is 0 Å². The molecule has 26 heavy (non-hydrogen) atoms. The smallest absolute Gasteiger partial charge is 0.123 e. The number of aromatic nitrogens is 3.